The third-order valence-electron chi connectivity index (χ3n) is 3.86. The van der Waals surface area contributed by atoms with E-state index < -0.39 is 0 Å². The molecule has 5 heteroatoms. The molecule has 3 N–H and O–H groups in total. The maximum absolute atomic E-state index is 5.93. The summed E-state index contributed by atoms with van der Waals surface area (Å²) >= 11 is 5.93. The minimum absolute atomic E-state index is 0.436. The van der Waals surface area contributed by atoms with Crippen molar-refractivity contribution in [1.29, 1.82) is 0 Å². The number of anilines is 1. The van der Waals surface area contributed by atoms with Gasteiger partial charge in [0.25, 0.3) is 6.01 Å². The number of oxazole rings is 1. The van der Waals surface area contributed by atoms with Crippen molar-refractivity contribution in [3.8, 4) is 0 Å². The van der Waals surface area contributed by atoms with Crippen LogP contribution in [0.4, 0.5) is 6.01 Å². The molecule has 0 radical (unpaired) electrons. The van der Waals surface area contributed by atoms with Crippen LogP contribution in [0.3, 0.4) is 0 Å². The number of nitrogens with one attached hydrogen (secondary N) is 1. The Bertz CT molecular complexity index is 561. The molecule has 1 aromatic heterocycles. The van der Waals surface area contributed by atoms with Gasteiger partial charge < -0.3 is 15.5 Å². The first-order valence-electron chi connectivity index (χ1n) is 6.77. The zero-order valence-corrected chi connectivity index (χ0v) is 11.5. The second-order valence-corrected chi connectivity index (χ2v) is 5.67. The first-order valence-corrected chi connectivity index (χ1v) is 7.15. The Hall–Kier alpha value is -1.26. The molecule has 0 unspecified atom stereocenters. The van der Waals surface area contributed by atoms with E-state index in [2.05, 4.69) is 10.3 Å². The van der Waals surface area contributed by atoms with E-state index >= 15 is 0 Å². The van der Waals surface area contributed by atoms with E-state index in [0.717, 1.165) is 30.5 Å². The number of aromatic nitrogens is 1. The Morgan fingerprint density at radius 3 is 2.84 bits per heavy atom. The van der Waals surface area contributed by atoms with Gasteiger partial charge in [0.15, 0.2) is 5.58 Å². The van der Waals surface area contributed by atoms with E-state index in [1.165, 1.54) is 12.8 Å². The van der Waals surface area contributed by atoms with Crippen molar-refractivity contribution in [2.45, 2.75) is 31.7 Å². The summed E-state index contributed by atoms with van der Waals surface area (Å²) in [4.78, 5) is 4.43. The largest absolute Gasteiger partial charge is 0.423 e. The molecule has 0 aliphatic heterocycles. The number of benzene rings is 1. The van der Waals surface area contributed by atoms with Crippen LogP contribution in [0.15, 0.2) is 22.6 Å². The van der Waals surface area contributed by atoms with Gasteiger partial charge in [-0.15, -0.1) is 0 Å². The lowest BCUT2D eigenvalue weighted by Gasteiger charge is -2.27. The highest BCUT2D eigenvalue weighted by Crippen LogP contribution is 2.27. The molecule has 0 bridgehead atoms. The van der Waals surface area contributed by atoms with Gasteiger partial charge in [-0.05, 0) is 50.3 Å². The molecule has 3 rings (SSSR count). The van der Waals surface area contributed by atoms with Crippen LogP contribution in [-0.4, -0.2) is 17.6 Å². The van der Waals surface area contributed by atoms with Crippen LogP contribution in [0.2, 0.25) is 5.02 Å². The summed E-state index contributed by atoms with van der Waals surface area (Å²) in [7, 11) is 0. The average molecular weight is 280 g/mol. The Morgan fingerprint density at radius 2 is 2.11 bits per heavy atom. The number of nitrogens with two attached hydrogens (primary N) is 1. The smallest absolute Gasteiger partial charge is 0.295 e. The summed E-state index contributed by atoms with van der Waals surface area (Å²) in [6, 6.07) is 6.51. The van der Waals surface area contributed by atoms with Gasteiger partial charge in [0.05, 0.1) is 0 Å². The van der Waals surface area contributed by atoms with Gasteiger partial charge in [0, 0.05) is 17.1 Å². The van der Waals surface area contributed by atoms with Crippen molar-refractivity contribution >= 4 is 28.7 Å². The van der Waals surface area contributed by atoms with Gasteiger partial charge in [-0.1, -0.05) is 11.6 Å². The molecular formula is C14H18ClN3O. The Balaban J connectivity index is 1.68. The third-order valence-corrected chi connectivity index (χ3v) is 4.09. The lowest BCUT2D eigenvalue weighted by Crippen LogP contribution is -2.29. The highest BCUT2D eigenvalue weighted by Gasteiger charge is 2.21. The highest BCUT2D eigenvalue weighted by molar-refractivity contribution is 6.31. The lowest BCUT2D eigenvalue weighted by atomic mass is 9.86. The van der Waals surface area contributed by atoms with Crippen molar-refractivity contribution < 1.29 is 4.42 Å². The zero-order valence-electron chi connectivity index (χ0n) is 10.7. The quantitative estimate of drug-likeness (QED) is 0.904. The highest BCUT2D eigenvalue weighted by atomic mass is 35.5. The van der Waals surface area contributed by atoms with Crippen LogP contribution in [0, 0.1) is 5.92 Å². The van der Waals surface area contributed by atoms with Crippen molar-refractivity contribution in [2.24, 2.45) is 11.7 Å². The molecule has 102 valence electrons. The Labute approximate surface area is 117 Å². The minimum atomic E-state index is 0.436. The molecule has 0 spiro atoms. The van der Waals surface area contributed by atoms with Crippen LogP contribution in [0.5, 0.6) is 0 Å². The molecule has 0 atom stereocenters. The van der Waals surface area contributed by atoms with Crippen LogP contribution < -0.4 is 11.1 Å². The van der Waals surface area contributed by atoms with E-state index in [4.69, 9.17) is 21.8 Å². The Morgan fingerprint density at radius 1 is 1.32 bits per heavy atom. The fourth-order valence-electron chi connectivity index (χ4n) is 2.68. The number of hydrogen-bond acceptors (Lipinski definition) is 4. The van der Waals surface area contributed by atoms with E-state index in [1.807, 2.05) is 12.1 Å². The SMILES string of the molecule is NC[C@H]1CC[C@H](Nc2nc3ccc(Cl)cc3o2)CC1. The summed E-state index contributed by atoms with van der Waals surface area (Å²) in [6.45, 7) is 0.800. The van der Waals surface area contributed by atoms with Gasteiger partial charge >= 0.3 is 0 Å². The zero-order chi connectivity index (χ0) is 13.2. The summed E-state index contributed by atoms with van der Waals surface area (Å²) in [5, 5.41) is 4.04. The molecule has 1 aliphatic carbocycles. The molecule has 0 saturated heterocycles. The van der Waals surface area contributed by atoms with E-state index in [9.17, 15) is 0 Å². The molecule has 0 amide bonds. The van der Waals surface area contributed by atoms with E-state index in [0.29, 0.717) is 23.0 Å². The molecule has 2 aromatic rings. The number of rotatable bonds is 3. The molecule has 1 aliphatic rings. The number of fused-ring (bicyclic) bond motifs is 1. The van der Waals surface area contributed by atoms with Gasteiger partial charge in [0.2, 0.25) is 0 Å². The third kappa shape index (κ3) is 2.85. The predicted octanol–water partition coefficient (Wildman–Crippen LogP) is 3.41. The number of halogens is 1. The van der Waals surface area contributed by atoms with Crippen molar-refractivity contribution in [2.75, 3.05) is 11.9 Å². The average Bonchev–Trinajstić information content (AvgIpc) is 2.81. The maximum atomic E-state index is 5.93. The fraction of sp³-hybridized carbons (Fsp3) is 0.500. The minimum Gasteiger partial charge on any atom is -0.423 e. The second-order valence-electron chi connectivity index (χ2n) is 5.23. The van der Waals surface area contributed by atoms with E-state index in [-0.39, 0.29) is 0 Å². The van der Waals surface area contributed by atoms with Gasteiger partial charge in [-0.25, -0.2) is 0 Å². The first kappa shape index (κ1) is 12.8. The molecule has 1 heterocycles. The van der Waals surface area contributed by atoms with Crippen molar-refractivity contribution in [3.05, 3.63) is 23.2 Å². The van der Waals surface area contributed by atoms with Gasteiger partial charge in [0.1, 0.15) is 5.52 Å². The number of nitrogens with zero attached hydrogens (tertiary/aromatic N) is 1. The molecule has 1 saturated carbocycles. The van der Waals surface area contributed by atoms with Crippen LogP contribution in [-0.2, 0) is 0 Å². The normalized spacial score (nSPS) is 23.7. The Kier molecular flexibility index (Phi) is 3.62. The fourth-order valence-corrected chi connectivity index (χ4v) is 2.84. The van der Waals surface area contributed by atoms with Crippen LogP contribution in [0.25, 0.3) is 11.1 Å². The lowest BCUT2D eigenvalue weighted by molar-refractivity contribution is 0.341. The predicted molar refractivity (Wildman–Crippen MR) is 77.4 cm³/mol. The molecule has 1 aromatic carbocycles. The standard InChI is InChI=1S/C14H18ClN3O/c15-10-3-6-12-13(7-10)19-14(18-12)17-11-4-1-9(8-16)2-5-11/h3,6-7,9,11H,1-2,4-5,8,16H2,(H,17,18)/t9-,11-. The van der Waals surface area contributed by atoms with Crippen molar-refractivity contribution in [1.82, 2.24) is 4.98 Å². The first-order chi connectivity index (χ1) is 9.24. The van der Waals surface area contributed by atoms with Gasteiger partial charge in [-0.2, -0.15) is 4.98 Å². The summed E-state index contributed by atoms with van der Waals surface area (Å²) in [5.74, 6) is 0.681. The van der Waals surface area contributed by atoms with E-state index in [1.54, 1.807) is 6.07 Å². The monoisotopic (exact) mass is 279 g/mol. The van der Waals surface area contributed by atoms with Crippen LogP contribution in [0.1, 0.15) is 25.7 Å². The maximum Gasteiger partial charge on any atom is 0.295 e. The molecule has 19 heavy (non-hydrogen) atoms. The molecular weight excluding hydrogens is 262 g/mol. The number of hydrogen-bond donors (Lipinski definition) is 2. The second kappa shape index (κ2) is 5.39. The van der Waals surface area contributed by atoms with Crippen LogP contribution >= 0.6 is 11.6 Å². The summed E-state index contributed by atoms with van der Waals surface area (Å²) < 4.78 is 5.67. The van der Waals surface area contributed by atoms with Crippen molar-refractivity contribution in [3.63, 3.8) is 0 Å². The summed E-state index contributed by atoms with van der Waals surface area (Å²) in [6.07, 6.45) is 4.61. The summed E-state index contributed by atoms with van der Waals surface area (Å²) in [5.41, 5.74) is 7.27. The molecule has 4 nitrogen and oxygen atoms in total. The molecule has 1 fully saturated rings. The topological polar surface area (TPSA) is 64.1 Å². The van der Waals surface area contributed by atoms with Gasteiger partial charge in [-0.3, -0.25) is 0 Å².